The van der Waals surface area contributed by atoms with E-state index in [9.17, 15) is 9.59 Å². The predicted molar refractivity (Wildman–Crippen MR) is 74.0 cm³/mol. The van der Waals surface area contributed by atoms with Crippen LogP contribution in [0.15, 0.2) is 35.2 Å². The summed E-state index contributed by atoms with van der Waals surface area (Å²) in [5.41, 5.74) is 0. The minimum atomic E-state index is -0.568. The molecule has 0 bridgehead atoms. The van der Waals surface area contributed by atoms with Crippen molar-refractivity contribution in [3.8, 4) is 0 Å². The molecule has 0 aliphatic heterocycles. The van der Waals surface area contributed by atoms with Crippen molar-refractivity contribution in [2.75, 3.05) is 13.2 Å². The summed E-state index contributed by atoms with van der Waals surface area (Å²) in [5.74, 6) is -0.770. The molecule has 0 aromatic heterocycles. The highest BCUT2D eigenvalue weighted by Crippen LogP contribution is 2.26. The maximum absolute atomic E-state index is 11.8. The van der Waals surface area contributed by atoms with Crippen LogP contribution in [0.25, 0.3) is 0 Å². The third-order valence-corrected chi connectivity index (χ3v) is 3.42. The number of hydrogen-bond acceptors (Lipinski definition) is 5. The Hall–Kier alpha value is -1.49. The first-order valence-electron chi connectivity index (χ1n) is 6.21. The average molecular weight is 282 g/mol. The van der Waals surface area contributed by atoms with Crippen LogP contribution in [-0.4, -0.2) is 30.4 Å². The molecule has 1 aromatic rings. The second-order valence-corrected chi connectivity index (χ2v) is 4.96. The van der Waals surface area contributed by atoms with Gasteiger partial charge in [0.2, 0.25) is 0 Å². The van der Waals surface area contributed by atoms with Crippen LogP contribution < -0.4 is 0 Å². The number of benzene rings is 1. The third kappa shape index (κ3) is 5.79. The van der Waals surface area contributed by atoms with Crippen LogP contribution in [0.2, 0.25) is 0 Å². The number of hydrogen-bond donors (Lipinski definition) is 0. The van der Waals surface area contributed by atoms with E-state index in [1.165, 1.54) is 11.8 Å². The molecular formula is C14H18O4S. The lowest BCUT2D eigenvalue weighted by Gasteiger charge is -2.14. The molecule has 1 atom stereocenters. The molecule has 0 N–H and O–H groups in total. The van der Waals surface area contributed by atoms with Crippen LogP contribution in [0, 0.1) is 0 Å². The molecule has 4 nitrogen and oxygen atoms in total. The van der Waals surface area contributed by atoms with E-state index in [2.05, 4.69) is 0 Å². The number of rotatable bonds is 7. The molecule has 0 aliphatic carbocycles. The molecule has 104 valence electrons. The molecule has 0 fully saturated rings. The summed E-state index contributed by atoms with van der Waals surface area (Å²) >= 11 is 1.32. The fraction of sp³-hybridized carbons (Fsp3) is 0.429. The van der Waals surface area contributed by atoms with Crippen LogP contribution in [0.3, 0.4) is 0 Å². The van der Waals surface area contributed by atoms with E-state index in [4.69, 9.17) is 9.47 Å². The van der Waals surface area contributed by atoms with Crippen molar-refractivity contribution in [2.45, 2.75) is 30.4 Å². The summed E-state index contributed by atoms with van der Waals surface area (Å²) in [7, 11) is 0. The highest BCUT2D eigenvalue weighted by atomic mass is 32.2. The molecule has 19 heavy (non-hydrogen) atoms. The Labute approximate surface area is 117 Å². The first kappa shape index (κ1) is 15.6. The second-order valence-electron chi connectivity index (χ2n) is 3.68. The van der Waals surface area contributed by atoms with Gasteiger partial charge in [-0.3, -0.25) is 9.59 Å². The van der Waals surface area contributed by atoms with Crippen LogP contribution in [0.1, 0.15) is 20.3 Å². The molecule has 0 unspecified atom stereocenters. The van der Waals surface area contributed by atoms with Crippen molar-refractivity contribution in [2.24, 2.45) is 0 Å². The standard InChI is InChI=1S/C14H18O4S/c1-3-17-13(15)10-12(14(16)18-4-2)19-11-8-6-5-7-9-11/h5-9,12H,3-4,10H2,1-2H3/t12-/m0/s1. The molecule has 0 saturated carbocycles. The van der Waals surface area contributed by atoms with E-state index in [0.717, 1.165) is 4.90 Å². The fourth-order valence-corrected chi connectivity index (χ4v) is 2.47. The second kappa shape index (κ2) is 8.58. The zero-order chi connectivity index (χ0) is 14.1. The first-order chi connectivity index (χ1) is 9.17. The van der Waals surface area contributed by atoms with Gasteiger partial charge in [-0.2, -0.15) is 0 Å². The van der Waals surface area contributed by atoms with Gasteiger partial charge in [0.15, 0.2) is 0 Å². The SMILES string of the molecule is CCOC(=O)C[C@H](Sc1ccccc1)C(=O)OCC. The average Bonchev–Trinajstić information content (AvgIpc) is 2.40. The molecule has 0 heterocycles. The lowest BCUT2D eigenvalue weighted by Crippen LogP contribution is -2.24. The van der Waals surface area contributed by atoms with Crippen molar-refractivity contribution in [3.63, 3.8) is 0 Å². The Morgan fingerprint density at radius 2 is 1.74 bits per heavy atom. The number of ether oxygens (including phenoxy) is 2. The number of thioether (sulfide) groups is 1. The Balaban J connectivity index is 2.69. The summed E-state index contributed by atoms with van der Waals surface area (Å²) < 4.78 is 9.87. The summed E-state index contributed by atoms with van der Waals surface area (Å²) in [5, 5.41) is -0.568. The molecule has 1 rings (SSSR count). The van der Waals surface area contributed by atoms with Crippen LogP contribution in [-0.2, 0) is 19.1 Å². The van der Waals surface area contributed by atoms with Gasteiger partial charge in [-0.15, -0.1) is 11.8 Å². The number of carbonyl (C=O) groups is 2. The smallest absolute Gasteiger partial charge is 0.320 e. The van der Waals surface area contributed by atoms with E-state index >= 15 is 0 Å². The lowest BCUT2D eigenvalue weighted by atomic mass is 10.3. The van der Waals surface area contributed by atoms with Crippen molar-refractivity contribution in [3.05, 3.63) is 30.3 Å². The summed E-state index contributed by atoms with van der Waals surface area (Å²) in [6.07, 6.45) is 0.0201. The van der Waals surface area contributed by atoms with E-state index < -0.39 is 5.25 Å². The molecule has 0 spiro atoms. The Morgan fingerprint density at radius 3 is 2.32 bits per heavy atom. The minimum Gasteiger partial charge on any atom is -0.466 e. The van der Waals surface area contributed by atoms with E-state index in [1.807, 2.05) is 30.3 Å². The van der Waals surface area contributed by atoms with Gasteiger partial charge in [0.25, 0.3) is 0 Å². The molecule has 0 radical (unpaired) electrons. The third-order valence-electron chi connectivity index (χ3n) is 2.23. The predicted octanol–water partition coefficient (Wildman–Crippen LogP) is 2.66. The van der Waals surface area contributed by atoms with Gasteiger partial charge in [-0.05, 0) is 26.0 Å². The summed E-state index contributed by atoms with van der Waals surface area (Å²) in [6, 6.07) is 9.45. The van der Waals surface area contributed by atoms with Gasteiger partial charge in [-0.25, -0.2) is 0 Å². The van der Waals surface area contributed by atoms with E-state index in [1.54, 1.807) is 13.8 Å². The molecule has 0 amide bonds. The molecule has 0 aliphatic rings. The van der Waals surface area contributed by atoms with Gasteiger partial charge in [-0.1, -0.05) is 18.2 Å². The van der Waals surface area contributed by atoms with Gasteiger partial charge < -0.3 is 9.47 Å². The van der Waals surface area contributed by atoms with Crippen LogP contribution in [0.5, 0.6) is 0 Å². The quantitative estimate of drug-likeness (QED) is 0.568. The highest BCUT2D eigenvalue weighted by Gasteiger charge is 2.25. The maximum Gasteiger partial charge on any atom is 0.320 e. The molecular weight excluding hydrogens is 264 g/mol. The van der Waals surface area contributed by atoms with E-state index in [0.29, 0.717) is 13.2 Å². The Bertz CT molecular complexity index is 405. The molecule has 5 heteroatoms. The fourth-order valence-electron chi connectivity index (χ4n) is 1.44. The minimum absolute atomic E-state index is 0.0201. The van der Waals surface area contributed by atoms with Gasteiger partial charge in [0, 0.05) is 4.90 Å². The topological polar surface area (TPSA) is 52.6 Å². The zero-order valence-electron chi connectivity index (χ0n) is 11.1. The Morgan fingerprint density at radius 1 is 1.11 bits per heavy atom. The zero-order valence-corrected chi connectivity index (χ0v) is 11.9. The number of esters is 2. The van der Waals surface area contributed by atoms with Crippen molar-refractivity contribution in [1.29, 1.82) is 0 Å². The van der Waals surface area contributed by atoms with Gasteiger partial charge in [0.05, 0.1) is 19.6 Å². The largest absolute Gasteiger partial charge is 0.466 e. The van der Waals surface area contributed by atoms with Crippen molar-refractivity contribution in [1.82, 2.24) is 0 Å². The van der Waals surface area contributed by atoms with Gasteiger partial charge >= 0.3 is 11.9 Å². The normalized spacial score (nSPS) is 11.7. The van der Waals surface area contributed by atoms with Gasteiger partial charge in [0.1, 0.15) is 5.25 Å². The van der Waals surface area contributed by atoms with Crippen LogP contribution >= 0.6 is 11.8 Å². The summed E-state index contributed by atoms with van der Waals surface area (Å²) in [6.45, 7) is 4.09. The Kier molecular flexibility index (Phi) is 7.03. The first-order valence-corrected chi connectivity index (χ1v) is 7.09. The highest BCUT2D eigenvalue weighted by molar-refractivity contribution is 8.00. The monoisotopic (exact) mass is 282 g/mol. The van der Waals surface area contributed by atoms with Crippen LogP contribution in [0.4, 0.5) is 0 Å². The number of carbonyl (C=O) groups excluding carboxylic acids is 2. The summed E-state index contributed by atoms with van der Waals surface area (Å²) in [4.78, 5) is 24.3. The van der Waals surface area contributed by atoms with E-state index in [-0.39, 0.29) is 18.4 Å². The molecule has 0 saturated heterocycles. The maximum atomic E-state index is 11.8. The van der Waals surface area contributed by atoms with Crippen molar-refractivity contribution < 1.29 is 19.1 Å². The lowest BCUT2D eigenvalue weighted by molar-refractivity contribution is -0.149. The molecule has 1 aromatic carbocycles. The van der Waals surface area contributed by atoms with Crippen molar-refractivity contribution >= 4 is 23.7 Å².